The number of aryl methyl sites for hydroxylation is 2. The van der Waals surface area contributed by atoms with E-state index >= 15 is 0 Å². The van der Waals surface area contributed by atoms with Gasteiger partial charge in [-0.25, -0.2) is 9.97 Å². The van der Waals surface area contributed by atoms with Crippen molar-refractivity contribution in [2.75, 3.05) is 0 Å². The van der Waals surface area contributed by atoms with Crippen LogP contribution in [0.2, 0.25) is 0 Å². The summed E-state index contributed by atoms with van der Waals surface area (Å²) in [4.78, 5) is 8.39. The van der Waals surface area contributed by atoms with Crippen LogP contribution in [-0.2, 0) is 6.54 Å². The molecule has 0 saturated carbocycles. The molecule has 2 rings (SSSR count). The van der Waals surface area contributed by atoms with Gasteiger partial charge in [-0.1, -0.05) is 0 Å². The third-order valence-electron chi connectivity index (χ3n) is 2.53. The number of rotatable bonds is 1. The Hall–Kier alpha value is -1.48. The van der Waals surface area contributed by atoms with Gasteiger partial charge in [-0.3, -0.25) is 0 Å². The summed E-state index contributed by atoms with van der Waals surface area (Å²) >= 11 is 0. The van der Waals surface area contributed by atoms with Crippen molar-refractivity contribution in [3.63, 3.8) is 0 Å². The van der Waals surface area contributed by atoms with E-state index in [1.165, 1.54) is 11.1 Å². The van der Waals surface area contributed by atoms with Crippen LogP contribution in [0.3, 0.4) is 0 Å². The molecule has 0 fully saturated rings. The predicted molar refractivity (Wildman–Crippen MR) is 56.9 cm³/mol. The van der Waals surface area contributed by atoms with Crippen LogP contribution in [0.5, 0.6) is 0 Å². The van der Waals surface area contributed by atoms with Gasteiger partial charge in [0.05, 0.1) is 11.2 Å². The lowest BCUT2D eigenvalue weighted by Gasteiger charge is -2.05. The van der Waals surface area contributed by atoms with Gasteiger partial charge in [0.1, 0.15) is 6.33 Å². The van der Waals surface area contributed by atoms with Gasteiger partial charge in [0, 0.05) is 11.9 Å². The molecule has 0 radical (unpaired) electrons. The largest absolute Gasteiger partial charge is 0.325 e. The van der Waals surface area contributed by atoms with Gasteiger partial charge < -0.3 is 5.73 Å². The van der Waals surface area contributed by atoms with Crippen LogP contribution in [0.25, 0.3) is 10.9 Å². The topological polar surface area (TPSA) is 51.8 Å². The average Bonchev–Trinajstić information content (AvgIpc) is 2.19. The van der Waals surface area contributed by atoms with Crippen LogP contribution in [0, 0.1) is 13.8 Å². The number of nitrogens with zero attached hydrogens (tertiary/aromatic N) is 2. The zero-order valence-electron chi connectivity index (χ0n) is 8.41. The van der Waals surface area contributed by atoms with Crippen molar-refractivity contribution in [3.8, 4) is 0 Å². The lowest BCUT2D eigenvalue weighted by atomic mass is 10.1. The molecule has 2 aromatic rings. The Morgan fingerprint density at radius 2 is 1.86 bits per heavy atom. The highest BCUT2D eigenvalue weighted by atomic mass is 14.8. The minimum atomic E-state index is 0.460. The van der Waals surface area contributed by atoms with E-state index in [1.54, 1.807) is 6.33 Å². The normalized spacial score (nSPS) is 10.8. The molecule has 1 heterocycles. The maximum atomic E-state index is 5.61. The third-order valence-corrected chi connectivity index (χ3v) is 2.53. The summed E-state index contributed by atoms with van der Waals surface area (Å²) in [5, 5.41) is 1.07. The zero-order chi connectivity index (χ0) is 10.1. The molecular formula is C11H13N3. The first kappa shape index (κ1) is 9.09. The maximum absolute atomic E-state index is 5.61. The van der Waals surface area contributed by atoms with Crippen LogP contribution in [0.4, 0.5) is 0 Å². The Kier molecular flexibility index (Phi) is 2.17. The summed E-state index contributed by atoms with van der Waals surface area (Å²) in [5.74, 6) is 0. The molecule has 1 aromatic carbocycles. The van der Waals surface area contributed by atoms with Crippen LogP contribution in [-0.4, -0.2) is 9.97 Å². The van der Waals surface area contributed by atoms with E-state index in [0.717, 1.165) is 16.6 Å². The van der Waals surface area contributed by atoms with Crippen molar-refractivity contribution in [2.45, 2.75) is 20.4 Å². The maximum Gasteiger partial charge on any atom is 0.116 e. The van der Waals surface area contributed by atoms with Crippen LogP contribution in [0.15, 0.2) is 18.5 Å². The molecule has 0 aliphatic heterocycles. The number of fused-ring (bicyclic) bond motifs is 1. The van der Waals surface area contributed by atoms with Gasteiger partial charge in [-0.15, -0.1) is 0 Å². The SMILES string of the molecule is Cc1cc2ncnc(CN)c2cc1C. The molecule has 1 aromatic heterocycles. The van der Waals surface area contributed by atoms with Crippen LogP contribution >= 0.6 is 0 Å². The summed E-state index contributed by atoms with van der Waals surface area (Å²) in [6, 6.07) is 4.18. The Bertz CT molecular complexity index is 477. The second-order valence-corrected chi connectivity index (χ2v) is 3.48. The number of hydrogen-bond acceptors (Lipinski definition) is 3. The van der Waals surface area contributed by atoms with Crippen molar-refractivity contribution < 1.29 is 0 Å². The van der Waals surface area contributed by atoms with Crippen molar-refractivity contribution in [1.29, 1.82) is 0 Å². The highest BCUT2D eigenvalue weighted by Crippen LogP contribution is 2.19. The number of nitrogens with two attached hydrogens (primary N) is 1. The first-order valence-electron chi connectivity index (χ1n) is 4.63. The third kappa shape index (κ3) is 1.36. The highest BCUT2D eigenvalue weighted by molar-refractivity contribution is 5.82. The molecule has 3 nitrogen and oxygen atoms in total. The van der Waals surface area contributed by atoms with Gasteiger partial charge in [-0.05, 0) is 37.1 Å². The summed E-state index contributed by atoms with van der Waals surface area (Å²) in [7, 11) is 0. The summed E-state index contributed by atoms with van der Waals surface area (Å²) in [5.41, 5.74) is 10.0. The summed E-state index contributed by atoms with van der Waals surface area (Å²) in [6.07, 6.45) is 1.57. The van der Waals surface area contributed by atoms with Crippen molar-refractivity contribution in [3.05, 3.63) is 35.3 Å². The van der Waals surface area contributed by atoms with E-state index in [1.807, 2.05) is 0 Å². The fourth-order valence-corrected chi connectivity index (χ4v) is 1.53. The molecule has 14 heavy (non-hydrogen) atoms. The van der Waals surface area contributed by atoms with E-state index in [-0.39, 0.29) is 0 Å². The molecule has 0 aliphatic rings. The van der Waals surface area contributed by atoms with E-state index in [4.69, 9.17) is 5.73 Å². The monoisotopic (exact) mass is 187 g/mol. The molecular weight excluding hydrogens is 174 g/mol. The smallest absolute Gasteiger partial charge is 0.116 e. The molecule has 0 aliphatic carbocycles. The first-order valence-corrected chi connectivity index (χ1v) is 4.63. The van der Waals surface area contributed by atoms with E-state index in [9.17, 15) is 0 Å². The molecule has 2 N–H and O–H groups in total. The second-order valence-electron chi connectivity index (χ2n) is 3.48. The number of hydrogen-bond donors (Lipinski definition) is 1. The molecule has 0 unspecified atom stereocenters. The highest BCUT2D eigenvalue weighted by Gasteiger charge is 2.03. The quantitative estimate of drug-likeness (QED) is 0.739. The Balaban J connectivity index is 2.81. The molecule has 72 valence electrons. The van der Waals surface area contributed by atoms with E-state index in [0.29, 0.717) is 6.54 Å². The van der Waals surface area contributed by atoms with E-state index in [2.05, 4.69) is 35.9 Å². The molecule has 0 bridgehead atoms. The van der Waals surface area contributed by atoms with Gasteiger partial charge in [-0.2, -0.15) is 0 Å². The van der Waals surface area contributed by atoms with Gasteiger partial charge in [0.15, 0.2) is 0 Å². The molecule has 0 saturated heterocycles. The minimum Gasteiger partial charge on any atom is -0.325 e. The van der Waals surface area contributed by atoms with Crippen molar-refractivity contribution >= 4 is 10.9 Å². The Morgan fingerprint density at radius 1 is 1.14 bits per heavy atom. The number of aromatic nitrogens is 2. The van der Waals surface area contributed by atoms with Crippen molar-refractivity contribution in [1.82, 2.24) is 9.97 Å². The molecule has 3 heteroatoms. The zero-order valence-corrected chi connectivity index (χ0v) is 8.41. The van der Waals surface area contributed by atoms with Crippen LogP contribution in [0.1, 0.15) is 16.8 Å². The number of benzene rings is 1. The molecule has 0 amide bonds. The standard InChI is InChI=1S/C11H13N3/c1-7-3-9-10(4-8(7)2)13-6-14-11(9)5-12/h3-4,6H,5,12H2,1-2H3. The molecule has 0 atom stereocenters. The van der Waals surface area contributed by atoms with Gasteiger partial charge in [0.2, 0.25) is 0 Å². The Labute approximate surface area is 83.0 Å². The van der Waals surface area contributed by atoms with Crippen molar-refractivity contribution in [2.24, 2.45) is 5.73 Å². The lowest BCUT2D eigenvalue weighted by molar-refractivity contribution is 0.989. The predicted octanol–water partition coefficient (Wildman–Crippen LogP) is 1.71. The lowest BCUT2D eigenvalue weighted by Crippen LogP contribution is -2.01. The second kappa shape index (κ2) is 3.35. The van der Waals surface area contributed by atoms with Gasteiger partial charge >= 0.3 is 0 Å². The fraction of sp³-hybridized carbons (Fsp3) is 0.273. The van der Waals surface area contributed by atoms with E-state index < -0.39 is 0 Å². The Morgan fingerprint density at radius 3 is 2.57 bits per heavy atom. The summed E-state index contributed by atoms with van der Waals surface area (Å²) in [6.45, 7) is 4.63. The summed E-state index contributed by atoms with van der Waals surface area (Å²) < 4.78 is 0. The van der Waals surface area contributed by atoms with Gasteiger partial charge in [0.25, 0.3) is 0 Å². The first-order chi connectivity index (χ1) is 6.72. The minimum absolute atomic E-state index is 0.460. The molecule has 0 spiro atoms. The average molecular weight is 187 g/mol. The fourth-order valence-electron chi connectivity index (χ4n) is 1.53. The van der Waals surface area contributed by atoms with Crippen LogP contribution < -0.4 is 5.73 Å².